The monoisotopic (exact) mass is 387 g/mol. The fraction of sp³-hybridized carbons (Fsp3) is 0.350. The molecule has 2 aromatic rings. The molecule has 0 aliphatic carbocycles. The molecule has 0 heterocycles. The van der Waals surface area contributed by atoms with Crippen molar-refractivity contribution in [3.63, 3.8) is 0 Å². The van der Waals surface area contributed by atoms with E-state index in [4.69, 9.17) is 0 Å². The van der Waals surface area contributed by atoms with Crippen LogP contribution in [0.5, 0.6) is 0 Å². The molecule has 1 atom stereocenters. The van der Waals surface area contributed by atoms with E-state index in [9.17, 15) is 9.90 Å². The Hall–Kier alpha value is -1.59. The third-order valence-corrected chi connectivity index (χ3v) is 8.57. The van der Waals surface area contributed by atoms with Gasteiger partial charge in [0.05, 0.1) is 0 Å². The molecule has 0 saturated heterocycles. The molecule has 3 nitrogen and oxygen atoms in total. The van der Waals surface area contributed by atoms with Gasteiger partial charge in [0.1, 0.15) is 0 Å². The standard InChI is InChI=1S/C20H27GeNO2/c1-20(24,19(23)22-18-8-6-5-7-9-18)15-14-16-10-12-17(13-11-16)21(2,3)4/h5-13,24H,14-15H2,1-4H3,(H,22,23)/t20-/m0/s1. The number of hydrogen-bond donors (Lipinski definition) is 2. The summed E-state index contributed by atoms with van der Waals surface area (Å²) in [5, 5.41) is 13.3. The Morgan fingerprint density at radius 3 is 2.17 bits per heavy atom. The molecule has 0 aromatic heterocycles. The molecule has 24 heavy (non-hydrogen) atoms. The zero-order chi connectivity index (χ0) is 17.8. The van der Waals surface area contributed by atoms with Crippen LogP contribution in [0.2, 0.25) is 17.3 Å². The van der Waals surface area contributed by atoms with Crippen LogP contribution in [0.3, 0.4) is 0 Å². The van der Waals surface area contributed by atoms with E-state index < -0.39 is 18.9 Å². The number of nitrogens with one attached hydrogen (secondary N) is 1. The van der Waals surface area contributed by atoms with E-state index in [-0.39, 0.29) is 5.91 Å². The zero-order valence-corrected chi connectivity index (χ0v) is 17.1. The average Bonchev–Trinajstić information content (AvgIpc) is 2.53. The van der Waals surface area contributed by atoms with Gasteiger partial charge < -0.3 is 0 Å². The molecule has 0 fully saturated rings. The van der Waals surface area contributed by atoms with Crippen molar-refractivity contribution in [3.8, 4) is 0 Å². The van der Waals surface area contributed by atoms with Gasteiger partial charge in [0, 0.05) is 0 Å². The maximum absolute atomic E-state index is 12.3. The van der Waals surface area contributed by atoms with Crippen LogP contribution in [0.25, 0.3) is 0 Å². The molecule has 0 aliphatic rings. The molecule has 2 aromatic carbocycles. The van der Waals surface area contributed by atoms with Gasteiger partial charge >= 0.3 is 141 Å². The van der Waals surface area contributed by atoms with Crippen molar-refractivity contribution in [3.05, 3.63) is 60.2 Å². The first-order chi connectivity index (χ1) is 11.2. The summed E-state index contributed by atoms with van der Waals surface area (Å²) in [7, 11) is 0. The summed E-state index contributed by atoms with van der Waals surface area (Å²) in [5.74, 6) is 6.74. The minimum absolute atomic E-state index is 0.366. The second-order valence-corrected chi connectivity index (χ2v) is 18.2. The minimum atomic E-state index is -1.79. The van der Waals surface area contributed by atoms with Gasteiger partial charge in [-0.3, -0.25) is 0 Å². The van der Waals surface area contributed by atoms with E-state index in [0.717, 1.165) is 5.56 Å². The summed E-state index contributed by atoms with van der Waals surface area (Å²) in [6.45, 7) is 1.57. The van der Waals surface area contributed by atoms with Gasteiger partial charge in [0.15, 0.2) is 0 Å². The molecule has 4 heteroatoms. The molecule has 0 spiro atoms. The second-order valence-electron chi connectivity index (χ2n) is 7.54. The predicted molar refractivity (Wildman–Crippen MR) is 103 cm³/mol. The molecule has 0 radical (unpaired) electrons. The van der Waals surface area contributed by atoms with Crippen molar-refractivity contribution in [1.29, 1.82) is 0 Å². The van der Waals surface area contributed by atoms with E-state index in [1.54, 1.807) is 6.92 Å². The number of benzene rings is 2. The number of aryl methyl sites for hydroxylation is 1. The normalized spacial score (nSPS) is 14.0. The van der Waals surface area contributed by atoms with Crippen molar-refractivity contribution < 1.29 is 9.90 Å². The summed E-state index contributed by atoms with van der Waals surface area (Å²) in [4.78, 5) is 12.3. The topological polar surface area (TPSA) is 49.3 Å². The van der Waals surface area contributed by atoms with Crippen LogP contribution < -0.4 is 9.71 Å². The molecule has 0 saturated carbocycles. The van der Waals surface area contributed by atoms with E-state index in [0.29, 0.717) is 18.5 Å². The van der Waals surface area contributed by atoms with Gasteiger partial charge in [-0.2, -0.15) is 0 Å². The van der Waals surface area contributed by atoms with Gasteiger partial charge in [-0.25, -0.2) is 0 Å². The van der Waals surface area contributed by atoms with Crippen LogP contribution in [0.1, 0.15) is 18.9 Å². The quantitative estimate of drug-likeness (QED) is 0.747. The van der Waals surface area contributed by atoms with Crippen molar-refractivity contribution >= 4 is 29.3 Å². The number of hydrogen-bond acceptors (Lipinski definition) is 2. The maximum atomic E-state index is 12.3. The Labute approximate surface area is 147 Å². The fourth-order valence-electron chi connectivity index (χ4n) is 2.46. The first-order valence-corrected chi connectivity index (χ1v) is 15.7. The van der Waals surface area contributed by atoms with Gasteiger partial charge in [-0.1, -0.05) is 6.07 Å². The number of amides is 1. The summed E-state index contributed by atoms with van der Waals surface area (Å²) in [5.41, 5.74) is 0.457. The molecule has 0 aliphatic heterocycles. The van der Waals surface area contributed by atoms with E-state index >= 15 is 0 Å². The van der Waals surface area contributed by atoms with Crippen LogP contribution in [-0.2, 0) is 11.2 Å². The summed E-state index contributed by atoms with van der Waals surface area (Å²) in [6, 6.07) is 17.9. The first-order valence-electron chi connectivity index (χ1n) is 8.37. The first kappa shape index (κ1) is 18.7. The zero-order valence-electron chi connectivity index (χ0n) is 15.0. The van der Waals surface area contributed by atoms with Crippen molar-refractivity contribution in [2.24, 2.45) is 0 Å². The number of aliphatic hydroxyl groups is 1. The summed E-state index contributed by atoms with van der Waals surface area (Å²) >= 11 is -1.79. The molecule has 128 valence electrons. The Kier molecular flexibility index (Phi) is 5.89. The van der Waals surface area contributed by atoms with Crippen molar-refractivity contribution in [2.75, 3.05) is 5.32 Å². The summed E-state index contributed by atoms with van der Waals surface area (Å²) in [6.07, 6.45) is 1.06. The molecule has 2 rings (SSSR count). The molecule has 0 bridgehead atoms. The van der Waals surface area contributed by atoms with Gasteiger partial charge in [0.2, 0.25) is 0 Å². The fourth-order valence-corrected chi connectivity index (χ4v) is 4.91. The van der Waals surface area contributed by atoms with Gasteiger partial charge in [-0.05, 0) is 0 Å². The Bertz CT molecular complexity index is 673. The van der Waals surface area contributed by atoms with E-state index in [1.165, 1.54) is 4.40 Å². The third-order valence-electron chi connectivity index (χ3n) is 4.24. The summed E-state index contributed by atoms with van der Waals surface area (Å²) < 4.78 is 1.47. The Balaban J connectivity index is 1.95. The number of carbonyl (C=O) groups excluding carboxylic acids is 1. The van der Waals surface area contributed by atoms with Crippen LogP contribution in [0, 0.1) is 0 Å². The number of anilines is 1. The number of para-hydroxylation sites is 1. The number of rotatable bonds is 6. The second kappa shape index (κ2) is 7.53. The van der Waals surface area contributed by atoms with Crippen LogP contribution in [-0.4, -0.2) is 29.9 Å². The average molecular weight is 386 g/mol. The Morgan fingerprint density at radius 2 is 1.62 bits per heavy atom. The van der Waals surface area contributed by atoms with Crippen molar-refractivity contribution in [2.45, 2.75) is 42.6 Å². The molecule has 1 amide bonds. The van der Waals surface area contributed by atoms with Crippen LogP contribution in [0.15, 0.2) is 54.6 Å². The van der Waals surface area contributed by atoms with Crippen molar-refractivity contribution in [1.82, 2.24) is 0 Å². The molecular formula is C20H27GeNO2. The van der Waals surface area contributed by atoms with Gasteiger partial charge in [0.25, 0.3) is 0 Å². The van der Waals surface area contributed by atoms with E-state index in [2.05, 4.69) is 46.9 Å². The third kappa shape index (κ3) is 5.21. The Morgan fingerprint density at radius 1 is 1.04 bits per heavy atom. The van der Waals surface area contributed by atoms with Crippen LogP contribution in [0.4, 0.5) is 5.69 Å². The molecule has 2 N–H and O–H groups in total. The predicted octanol–water partition coefficient (Wildman–Crippen LogP) is 3.55. The SMILES string of the molecule is C[C@](O)(CCc1cc[c]([Ge]([CH3])([CH3])[CH3])cc1)C(=O)Nc1ccccc1. The molecule has 0 unspecified atom stereocenters. The molecular weight excluding hydrogens is 359 g/mol. The van der Waals surface area contributed by atoms with Gasteiger partial charge in [-0.15, -0.1) is 0 Å². The number of carbonyl (C=O) groups is 1. The van der Waals surface area contributed by atoms with Crippen LogP contribution >= 0.6 is 0 Å². The van der Waals surface area contributed by atoms with E-state index in [1.807, 2.05) is 30.3 Å².